The van der Waals surface area contributed by atoms with Gasteiger partial charge in [0.2, 0.25) is 0 Å². The molecule has 2 heterocycles. The number of aryl methyl sites for hydroxylation is 1. The number of rotatable bonds is 2. The standard InChI is InChI=1S/C13H22N4/c1-9-4-11(14)8-17(7-9)13-10(2)5-16-6-12(13)15-3/h5-6,9,11,15H,4,7-8,14H2,1-3H3. The lowest BCUT2D eigenvalue weighted by atomic mass is 9.95. The second kappa shape index (κ2) is 4.92. The lowest BCUT2D eigenvalue weighted by Crippen LogP contribution is -2.46. The summed E-state index contributed by atoms with van der Waals surface area (Å²) in [5, 5.41) is 3.22. The van der Waals surface area contributed by atoms with Crippen LogP contribution in [0, 0.1) is 12.8 Å². The minimum atomic E-state index is 0.274. The van der Waals surface area contributed by atoms with Gasteiger partial charge in [-0.2, -0.15) is 0 Å². The van der Waals surface area contributed by atoms with Crippen LogP contribution in [0.2, 0.25) is 0 Å². The van der Waals surface area contributed by atoms with E-state index >= 15 is 0 Å². The molecule has 1 fully saturated rings. The van der Waals surface area contributed by atoms with Gasteiger partial charge in [-0.1, -0.05) is 6.92 Å². The number of hydrogen-bond donors (Lipinski definition) is 2. The van der Waals surface area contributed by atoms with Crippen LogP contribution >= 0.6 is 0 Å². The summed E-state index contributed by atoms with van der Waals surface area (Å²) in [6.45, 7) is 6.38. The van der Waals surface area contributed by atoms with Crippen LogP contribution in [0.3, 0.4) is 0 Å². The molecule has 2 unspecified atom stereocenters. The average molecular weight is 234 g/mol. The molecule has 2 atom stereocenters. The first kappa shape index (κ1) is 12.2. The van der Waals surface area contributed by atoms with Crippen molar-refractivity contribution in [3.63, 3.8) is 0 Å². The number of nitrogens with two attached hydrogens (primary N) is 1. The van der Waals surface area contributed by atoms with Crippen molar-refractivity contribution in [2.75, 3.05) is 30.4 Å². The van der Waals surface area contributed by atoms with Gasteiger partial charge in [-0.15, -0.1) is 0 Å². The molecule has 2 rings (SSSR count). The zero-order chi connectivity index (χ0) is 12.4. The molecule has 0 bridgehead atoms. The Kier molecular flexibility index (Phi) is 3.52. The van der Waals surface area contributed by atoms with Crippen LogP contribution < -0.4 is 16.0 Å². The van der Waals surface area contributed by atoms with Crippen molar-refractivity contribution < 1.29 is 0 Å². The van der Waals surface area contributed by atoms with E-state index in [-0.39, 0.29) is 6.04 Å². The molecule has 1 aromatic heterocycles. The summed E-state index contributed by atoms with van der Waals surface area (Å²) in [5.74, 6) is 0.649. The Hall–Kier alpha value is -1.29. The number of piperidine rings is 1. The second-order valence-electron chi connectivity index (χ2n) is 5.11. The van der Waals surface area contributed by atoms with Gasteiger partial charge in [0, 0.05) is 32.4 Å². The quantitative estimate of drug-likeness (QED) is 0.816. The van der Waals surface area contributed by atoms with Crippen molar-refractivity contribution in [1.82, 2.24) is 4.98 Å². The highest BCUT2D eigenvalue weighted by Gasteiger charge is 2.24. The topological polar surface area (TPSA) is 54.2 Å². The molecule has 3 N–H and O–H groups in total. The highest BCUT2D eigenvalue weighted by atomic mass is 15.2. The molecule has 1 saturated heterocycles. The van der Waals surface area contributed by atoms with E-state index < -0.39 is 0 Å². The van der Waals surface area contributed by atoms with Crippen molar-refractivity contribution in [2.24, 2.45) is 11.7 Å². The molecule has 1 aliphatic heterocycles. The number of anilines is 2. The maximum absolute atomic E-state index is 6.12. The number of hydrogen-bond acceptors (Lipinski definition) is 4. The van der Waals surface area contributed by atoms with Crippen LogP contribution in [0.4, 0.5) is 11.4 Å². The molecule has 1 aliphatic rings. The predicted molar refractivity (Wildman–Crippen MR) is 72.5 cm³/mol. The Balaban J connectivity index is 2.32. The Morgan fingerprint density at radius 3 is 2.82 bits per heavy atom. The molecule has 4 heteroatoms. The van der Waals surface area contributed by atoms with Gasteiger partial charge >= 0.3 is 0 Å². The van der Waals surface area contributed by atoms with Crippen LogP contribution in [0.1, 0.15) is 18.9 Å². The maximum Gasteiger partial charge on any atom is 0.0764 e. The highest BCUT2D eigenvalue weighted by Crippen LogP contribution is 2.31. The van der Waals surface area contributed by atoms with Crippen LogP contribution in [0.15, 0.2) is 12.4 Å². The van der Waals surface area contributed by atoms with Crippen LogP contribution in [0.25, 0.3) is 0 Å². The fourth-order valence-electron chi connectivity index (χ4n) is 2.74. The average Bonchev–Trinajstić information content (AvgIpc) is 2.27. The molecule has 0 aliphatic carbocycles. The first-order chi connectivity index (χ1) is 8.11. The minimum absolute atomic E-state index is 0.274. The monoisotopic (exact) mass is 234 g/mol. The van der Waals surface area contributed by atoms with Gasteiger partial charge < -0.3 is 16.0 Å². The second-order valence-corrected chi connectivity index (χ2v) is 5.11. The van der Waals surface area contributed by atoms with Gasteiger partial charge in [0.05, 0.1) is 17.6 Å². The summed E-state index contributed by atoms with van der Waals surface area (Å²) < 4.78 is 0. The van der Waals surface area contributed by atoms with Crippen molar-refractivity contribution >= 4 is 11.4 Å². The Labute approximate surface area is 103 Å². The molecule has 4 nitrogen and oxygen atoms in total. The van der Waals surface area contributed by atoms with E-state index in [1.807, 2.05) is 19.4 Å². The Bertz CT molecular complexity index is 381. The summed E-state index contributed by atoms with van der Waals surface area (Å²) in [6, 6.07) is 0.274. The lowest BCUT2D eigenvalue weighted by Gasteiger charge is -2.38. The molecular weight excluding hydrogens is 212 g/mol. The minimum Gasteiger partial charge on any atom is -0.385 e. The van der Waals surface area contributed by atoms with E-state index in [1.165, 1.54) is 11.3 Å². The summed E-state index contributed by atoms with van der Waals surface area (Å²) >= 11 is 0. The third-order valence-electron chi connectivity index (χ3n) is 3.38. The van der Waals surface area contributed by atoms with Crippen molar-refractivity contribution in [3.8, 4) is 0 Å². The van der Waals surface area contributed by atoms with E-state index in [1.54, 1.807) is 0 Å². The van der Waals surface area contributed by atoms with Gasteiger partial charge in [-0.25, -0.2) is 0 Å². The van der Waals surface area contributed by atoms with Crippen LogP contribution in [0.5, 0.6) is 0 Å². The summed E-state index contributed by atoms with van der Waals surface area (Å²) in [5.41, 5.74) is 9.67. The van der Waals surface area contributed by atoms with Gasteiger partial charge in [-0.05, 0) is 24.8 Å². The van der Waals surface area contributed by atoms with E-state index in [2.05, 4.69) is 29.0 Å². The third kappa shape index (κ3) is 2.52. The van der Waals surface area contributed by atoms with E-state index in [4.69, 9.17) is 5.73 Å². The number of pyridine rings is 1. The Morgan fingerprint density at radius 1 is 1.41 bits per heavy atom. The zero-order valence-corrected chi connectivity index (χ0v) is 10.9. The molecule has 0 amide bonds. The fourth-order valence-corrected chi connectivity index (χ4v) is 2.74. The molecule has 1 aromatic rings. The third-order valence-corrected chi connectivity index (χ3v) is 3.38. The first-order valence-electron chi connectivity index (χ1n) is 6.24. The molecule has 0 saturated carbocycles. The molecule has 17 heavy (non-hydrogen) atoms. The van der Waals surface area contributed by atoms with E-state index in [9.17, 15) is 0 Å². The van der Waals surface area contributed by atoms with Gasteiger partial charge in [0.1, 0.15) is 0 Å². The SMILES string of the molecule is CNc1cncc(C)c1N1CC(C)CC(N)C1. The molecule has 94 valence electrons. The maximum atomic E-state index is 6.12. The first-order valence-corrected chi connectivity index (χ1v) is 6.24. The van der Waals surface area contributed by atoms with Gasteiger partial charge in [0.15, 0.2) is 0 Å². The summed E-state index contributed by atoms with van der Waals surface area (Å²) in [6.07, 6.45) is 4.92. The predicted octanol–water partition coefficient (Wildman–Crippen LogP) is 1.61. The normalized spacial score (nSPS) is 24.8. The van der Waals surface area contributed by atoms with E-state index in [0.717, 1.165) is 25.2 Å². The lowest BCUT2D eigenvalue weighted by molar-refractivity contribution is 0.401. The number of nitrogens with zero attached hydrogens (tertiary/aromatic N) is 2. The van der Waals surface area contributed by atoms with Crippen molar-refractivity contribution in [3.05, 3.63) is 18.0 Å². The molecule has 0 aromatic carbocycles. The fraction of sp³-hybridized carbons (Fsp3) is 0.615. The smallest absolute Gasteiger partial charge is 0.0764 e. The number of nitrogens with one attached hydrogen (secondary N) is 1. The van der Waals surface area contributed by atoms with Crippen LogP contribution in [-0.4, -0.2) is 31.2 Å². The molecule has 0 spiro atoms. The zero-order valence-electron chi connectivity index (χ0n) is 10.9. The summed E-state index contributed by atoms with van der Waals surface area (Å²) in [7, 11) is 1.94. The highest BCUT2D eigenvalue weighted by molar-refractivity contribution is 5.72. The summed E-state index contributed by atoms with van der Waals surface area (Å²) in [4.78, 5) is 6.62. The van der Waals surface area contributed by atoms with E-state index in [0.29, 0.717) is 5.92 Å². The molecule has 0 radical (unpaired) electrons. The molecular formula is C13H22N4. The largest absolute Gasteiger partial charge is 0.385 e. The Morgan fingerprint density at radius 2 is 2.18 bits per heavy atom. The number of aromatic nitrogens is 1. The van der Waals surface area contributed by atoms with Gasteiger partial charge in [-0.3, -0.25) is 4.98 Å². The van der Waals surface area contributed by atoms with Crippen molar-refractivity contribution in [2.45, 2.75) is 26.3 Å². The van der Waals surface area contributed by atoms with Crippen molar-refractivity contribution in [1.29, 1.82) is 0 Å². The van der Waals surface area contributed by atoms with Crippen LogP contribution in [-0.2, 0) is 0 Å². The van der Waals surface area contributed by atoms with Gasteiger partial charge in [0.25, 0.3) is 0 Å².